The molecule has 1 nitrogen and oxygen atoms in total. The van der Waals surface area contributed by atoms with Gasteiger partial charge in [-0.15, -0.1) is 0 Å². The third-order valence-corrected chi connectivity index (χ3v) is 3.38. The Bertz CT molecular complexity index is 614. The van der Waals surface area contributed by atoms with Crippen molar-refractivity contribution >= 4 is 21.6 Å². The molecule has 5 heteroatoms. The smallest absolute Gasteiger partial charge is 0.152 e. The van der Waals surface area contributed by atoms with Crippen molar-refractivity contribution in [3.63, 3.8) is 0 Å². The maximum absolute atomic E-state index is 13.7. The highest BCUT2D eigenvalue weighted by Gasteiger charge is 2.11. The molecule has 0 saturated heterocycles. The number of halogens is 4. The first-order valence-electron chi connectivity index (χ1n) is 5.61. The number of benzene rings is 2. The molecule has 1 N–H and O–H groups in total. The Labute approximate surface area is 117 Å². The van der Waals surface area contributed by atoms with Crippen LogP contribution >= 0.6 is 15.9 Å². The van der Waals surface area contributed by atoms with Gasteiger partial charge in [0.1, 0.15) is 17.3 Å². The third kappa shape index (κ3) is 3.10. The molecular formula is C14H11BrF3N. The molecule has 0 aliphatic carbocycles. The van der Waals surface area contributed by atoms with Gasteiger partial charge in [-0.2, -0.15) is 0 Å². The summed E-state index contributed by atoms with van der Waals surface area (Å²) >= 11 is 3.04. The van der Waals surface area contributed by atoms with Gasteiger partial charge in [0, 0.05) is 6.54 Å². The van der Waals surface area contributed by atoms with E-state index in [1.807, 2.05) is 0 Å². The summed E-state index contributed by atoms with van der Waals surface area (Å²) in [5, 5.41) is 2.65. The Morgan fingerprint density at radius 1 is 1.05 bits per heavy atom. The first-order chi connectivity index (χ1) is 8.99. The second kappa shape index (κ2) is 5.65. The lowest BCUT2D eigenvalue weighted by molar-refractivity contribution is 0.582. The maximum atomic E-state index is 13.7. The van der Waals surface area contributed by atoms with Crippen LogP contribution in [0.5, 0.6) is 0 Å². The van der Waals surface area contributed by atoms with Gasteiger partial charge in [0.15, 0.2) is 5.82 Å². The van der Waals surface area contributed by atoms with E-state index in [0.717, 1.165) is 0 Å². The zero-order valence-electron chi connectivity index (χ0n) is 10.1. The van der Waals surface area contributed by atoms with Crippen molar-refractivity contribution in [2.24, 2.45) is 0 Å². The van der Waals surface area contributed by atoms with Gasteiger partial charge in [0.2, 0.25) is 0 Å². The van der Waals surface area contributed by atoms with Crippen LogP contribution < -0.4 is 5.32 Å². The monoisotopic (exact) mass is 329 g/mol. The summed E-state index contributed by atoms with van der Waals surface area (Å²) in [5.74, 6) is -1.71. The van der Waals surface area contributed by atoms with Gasteiger partial charge in [-0.25, -0.2) is 13.2 Å². The highest BCUT2D eigenvalue weighted by Crippen LogP contribution is 2.23. The molecule has 0 aromatic heterocycles. The average Bonchev–Trinajstić information content (AvgIpc) is 2.38. The molecule has 0 spiro atoms. The predicted octanol–water partition coefficient (Wildman–Crippen LogP) is 4.79. The minimum absolute atomic E-state index is 0.140. The SMILES string of the molecule is Cc1ccc(F)c(NCc2ccc(Br)c(F)c2)c1F. The molecular weight excluding hydrogens is 319 g/mol. The van der Waals surface area contributed by atoms with Crippen molar-refractivity contribution in [1.82, 2.24) is 0 Å². The van der Waals surface area contributed by atoms with Gasteiger partial charge in [-0.05, 0) is 52.2 Å². The van der Waals surface area contributed by atoms with Gasteiger partial charge in [0.05, 0.1) is 4.47 Å². The molecule has 2 rings (SSSR count). The van der Waals surface area contributed by atoms with E-state index < -0.39 is 17.5 Å². The topological polar surface area (TPSA) is 12.0 Å². The quantitative estimate of drug-likeness (QED) is 0.853. The van der Waals surface area contributed by atoms with Crippen molar-refractivity contribution in [1.29, 1.82) is 0 Å². The minimum atomic E-state index is -0.666. The molecule has 2 aromatic carbocycles. The van der Waals surface area contributed by atoms with Crippen LogP contribution in [0.1, 0.15) is 11.1 Å². The summed E-state index contributed by atoms with van der Waals surface area (Å²) in [6.45, 7) is 1.70. The summed E-state index contributed by atoms with van der Waals surface area (Å²) in [6.07, 6.45) is 0. The van der Waals surface area contributed by atoms with Crippen LogP contribution in [0.2, 0.25) is 0 Å². The third-order valence-electron chi connectivity index (χ3n) is 2.74. The minimum Gasteiger partial charge on any atom is -0.376 e. The molecule has 0 aliphatic heterocycles. The van der Waals surface area contributed by atoms with Crippen molar-refractivity contribution < 1.29 is 13.2 Å². The van der Waals surface area contributed by atoms with Crippen LogP contribution in [0.3, 0.4) is 0 Å². The summed E-state index contributed by atoms with van der Waals surface area (Å²) in [4.78, 5) is 0. The molecule has 19 heavy (non-hydrogen) atoms. The first-order valence-corrected chi connectivity index (χ1v) is 6.40. The normalized spacial score (nSPS) is 10.6. The van der Waals surface area contributed by atoms with Crippen LogP contribution in [0.15, 0.2) is 34.8 Å². The molecule has 0 fully saturated rings. The Kier molecular flexibility index (Phi) is 4.14. The van der Waals surface area contributed by atoms with E-state index in [1.165, 1.54) is 18.2 Å². The molecule has 0 atom stereocenters. The Morgan fingerprint density at radius 2 is 1.79 bits per heavy atom. The molecule has 0 saturated carbocycles. The fourth-order valence-electron chi connectivity index (χ4n) is 1.66. The highest BCUT2D eigenvalue weighted by atomic mass is 79.9. The van der Waals surface area contributed by atoms with Crippen LogP contribution in [0, 0.1) is 24.4 Å². The number of aryl methyl sites for hydroxylation is 1. The Hall–Kier alpha value is -1.49. The number of hydrogen-bond donors (Lipinski definition) is 1. The maximum Gasteiger partial charge on any atom is 0.152 e. The van der Waals surface area contributed by atoms with Gasteiger partial charge in [-0.3, -0.25) is 0 Å². The summed E-state index contributed by atoms with van der Waals surface area (Å²) < 4.78 is 40.9. The van der Waals surface area contributed by atoms with Crippen molar-refractivity contribution in [2.75, 3.05) is 5.32 Å². The standard InChI is InChI=1S/C14H11BrF3N/c1-8-2-5-11(16)14(13(8)18)19-7-9-3-4-10(15)12(17)6-9/h2-6,19H,7H2,1H3. The van der Waals surface area contributed by atoms with E-state index in [2.05, 4.69) is 21.2 Å². The van der Waals surface area contributed by atoms with Crippen molar-refractivity contribution in [3.8, 4) is 0 Å². The van der Waals surface area contributed by atoms with Crippen LogP contribution in [0.4, 0.5) is 18.9 Å². The average molecular weight is 330 g/mol. The van der Waals surface area contributed by atoms with Gasteiger partial charge >= 0.3 is 0 Å². The number of anilines is 1. The summed E-state index contributed by atoms with van der Waals surface area (Å²) in [6, 6.07) is 7.10. The molecule has 0 unspecified atom stereocenters. The van der Waals surface area contributed by atoms with E-state index >= 15 is 0 Å². The second-order valence-corrected chi connectivity index (χ2v) is 5.01. The first kappa shape index (κ1) is 13.9. The number of nitrogens with one attached hydrogen (secondary N) is 1. The fourth-order valence-corrected chi connectivity index (χ4v) is 1.91. The molecule has 2 aromatic rings. The Morgan fingerprint density at radius 3 is 2.47 bits per heavy atom. The largest absolute Gasteiger partial charge is 0.376 e. The van der Waals surface area contributed by atoms with E-state index in [1.54, 1.807) is 19.1 Å². The number of hydrogen-bond acceptors (Lipinski definition) is 1. The lowest BCUT2D eigenvalue weighted by Crippen LogP contribution is -2.05. The zero-order valence-corrected chi connectivity index (χ0v) is 11.7. The van der Waals surface area contributed by atoms with Crippen LogP contribution in [0.25, 0.3) is 0 Å². The van der Waals surface area contributed by atoms with E-state index in [-0.39, 0.29) is 12.2 Å². The van der Waals surface area contributed by atoms with Gasteiger partial charge < -0.3 is 5.32 Å². The molecule has 0 radical (unpaired) electrons. The molecule has 0 bridgehead atoms. The summed E-state index contributed by atoms with van der Waals surface area (Å²) in [5.41, 5.74) is 0.759. The number of rotatable bonds is 3. The van der Waals surface area contributed by atoms with E-state index in [4.69, 9.17) is 0 Å². The lowest BCUT2D eigenvalue weighted by atomic mass is 10.1. The predicted molar refractivity (Wildman–Crippen MR) is 72.5 cm³/mol. The van der Waals surface area contributed by atoms with Crippen LogP contribution in [-0.2, 0) is 6.54 Å². The van der Waals surface area contributed by atoms with Crippen LogP contribution in [-0.4, -0.2) is 0 Å². The highest BCUT2D eigenvalue weighted by molar-refractivity contribution is 9.10. The fraction of sp³-hybridized carbons (Fsp3) is 0.143. The Balaban J connectivity index is 2.19. The zero-order chi connectivity index (χ0) is 14.0. The van der Waals surface area contributed by atoms with E-state index in [9.17, 15) is 13.2 Å². The van der Waals surface area contributed by atoms with E-state index in [0.29, 0.717) is 15.6 Å². The van der Waals surface area contributed by atoms with Crippen molar-refractivity contribution in [2.45, 2.75) is 13.5 Å². The van der Waals surface area contributed by atoms with Crippen molar-refractivity contribution in [3.05, 3.63) is 63.4 Å². The lowest BCUT2D eigenvalue weighted by Gasteiger charge is -2.10. The molecule has 0 aliphatic rings. The molecule has 0 heterocycles. The second-order valence-electron chi connectivity index (χ2n) is 4.16. The molecule has 0 amide bonds. The van der Waals surface area contributed by atoms with Gasteiger partial charge in [-0.1, -0.05) is 12.1 Å². The summed E-state index contributed by atoms with van der Waals surface area (Å²) in [7, 11) is 0. The van der Waals surface area contributed by atoms with Gasteiger partial charge in [0.25, 0.3) is 0 Å². The molecule has 100 valence electrons.